The lowest BCUT2D eigenvalue weighted by atomic mass is 9.86. The van der Waals surface area contributed by atoms with E-state index >= 15 is 0 Å². The van der Waals surface area contributed by atoms with Crippen molar-refractivity contribution in [3.63, 3.8) is 0 Å². The van der Waals surface area contributed by atoms with E-state index in [-0.39, 0.29) is 0 Å². The Morgan fingerprint density at radius 1 is 0.176 bits per heavy atom. The van der Waals surface area contributed by atoms with Crippen LogP contribution in [0.2, 0.25) is 0 Å². The maximum absolute atomic E-state index is 2.45. The fourth-order valence-corrected chi connectivity index (χ4v) is 11.4. The fraction of sp³-hybridized carbons (Fsp3) is 0.0137. The molecule has 74 heavy (non-hydrogen) atoms. The molecule has 0 unspecified atom stereocenters. The van der Waals surface area contributed by atoms with Crippen LogP contribution < -0.4 is 0 Å². The first-order valence-corrected chi connectivity index (χ1v) is 25.5. The van der Waals surface area contributed by atoms with Gasteiger partial charge in [-0.15, -0.1) is 0 Å². The minimum absolute atomic E-state index is 1.18. The van der Waals surface area contributed by atoms with E-state index in [1.165, 1.54) is 133 Å². The third-order valence-corrected chi connectivity index (χ3v) is 14.8. The number of para-hydroxylation sites is 2. The summed E-state index contributed by atoms with van der Waals surface area (Å²) in [5.74, 6) is 0. The predicted octanol–water partition coefficient (Wildman–Crippen LogP) is 20.0. The molecule has 0 aliphatic heterocycles. The Hall–Kier alpha value is -9.56. The van der Waals surface area contributed by atoms with Gasteiger partial charge in [-0.3, -0.25) is 0 Å². The second kappa shape index (κ2) is 19.2. The lowest BCUT2D eigenvalue weighted by Crippen LogP contribution is -1.95. The zero-order valence-corrected chi connectivity index (χ0v) is 41.2. The summed E-state index contributed by atoms with van der Waals surface area (Å²) >= 11 is 0. The number of fused-ring (bicyclic) bond motifs is 3. The molecule has 0 saturated heterocycles. The van der Waals surface area contributed by atoms with E-state index in [1.54, 1.807) is 0 Å². The Labute approximate surface area is 433 Å². The predicted molar refractivity (Wildman–Crippen MR) is 315 cm³/mol. The molecule has 12 aromatic carbocycles. The van der Waals surface area contributed by atoms with Crippen molar-refractivity contribution in [3.8, 4) is 111 Å². The molecule has 1 aromatic heterocycles. The van der Waals surface area contributed by atoms with Crippen LogP contribution in [-0.4, -0.2) is 4.57 Å². The van der Waals surface area contributed by atoms with Crippen LogP contribution in [0.5, 0.6) is 0 Å². The summed E-state index contributed by atoms with van der Waals surface area (Å²) < 4.78 is 2.45. The van der Waals surface area contributed by atoms with Crippen LogP contribution in [0.4, 0.5) is 0 Å². The van der Waals surface area contributed by atoms with Crippen LogP contribution in [0.3, 0.4) is 0 Å². The Morgan fingerprint density at radius 2 is 0.392 bits per heavy atom. The van der Waals surface area contributed by atoms with Gasteiger partial charge in [-0.25, -0.2) is 0 Å². The van der Waals surface area contributed by atoms with Crippen LogP contribution >= 0.6 is 0 Å². The molecule has 0 fully saturated rings. The molecular formula is C73H51N. The van der Waals surface area contributed by atoms with Crippen molar-refractivity contribution < 1.29 is 0 Å². The van der Waals surface area contributed by atoms with Gasteiger partial charge in [0.2, 0.25) is 0 Å². The summed E-state index contributed by atoms with van der Waals surface area (Å²) in [6, 6.07) is 106. The van der Waals surface area contributed by atoms with Gasteiger partial charge in [0.15, 0.2) is 0 Å². The summed E-state index contributed by atoms with van der Waals surface area (Å²) in [7, 11) is 2.26. The smallest absolute Gasteiger partial charge is 0.0568 e. The lowest BCUT2D eigenvalue weighted by Gasteiger charge is -2.18. The number of aryl methyl sites for hydroxylation is 1. The van der Waals surface area contributed by atoms with Crippen molar-refractivity contribution in [2.75, 3.05) is 0 Å². The molecule has 0 atom stereocenters. The number of hydrogen-bond donors (Lipinski definition) is 0. The average molecular weight is 942 g/mol. The molecule has 0 saturated carbocycles. The molecule has 0 aliphatic carbocycles. The van der Waals surface area contributed by atoms with E-state index in [1.807, 2.05) is 0 Å². The summed E-state index contributed by atoms with van der Waals surface area (Å²) in [5.41, 5.74) is 26.3. The minimum Gasteiger partial charge on any atom is -0.343 e. The molecule has 0 spiro atoms. The van der Waals surface area contributed by atoms with Gasteiger partial charge in [0.25, 0.3) is 0 Å². The minimum atomic E-state index is 1.18. The number of nitrogens with zero attached hydrogens (tertiary/aromatic N) is 1. The molecule has 0 radical (unpaired) electrons. The molecular weight excluding hydrogens is 891 g/mol. The zero-order chi connectivity index (χ0) is 49.4. The van der Waals surface area contributed by atoms with E-state index in [0.717, 1.165) is 0 Å². The second-order valence-electron chi connectivity index (χ2n) is 19.2. The Morgan fingerprint density at radius 3 is 0.689 bits per heavy atom. The first-order valence-electron chi connectivity index (χ1n) is 25.5. The van der Waals surface area contributed by atoms with E-state index in [2.05, 4.69) is 303 Å². The van der Waals surface area contributed by atoms with Crippen molar-refractivity contribution in [2.45, 2.75) is 0 Å². The standard InChI is InChI=1S/C73H51N/c1-74-72-68(66-38-20-18-36-64(66)62-34-16-14-32-60(62)58-46-54(50-24-6-2-7-25-50)44-55(47-58)51-26-8-3-9-27-51)40-22-42-70(72)71-43-23-41-69(73(71)74)67-39-21-19-37-65(67)63-35-17-15-33-61(63)59-48-56(52-28-10-4-11-29-52)45-57(49-59)53-30-12-5-13-31-53/h2-49H,1H3. The maximum Gasteiger partial charge on any atom is 0.0568 e. The van der Waals surface area contributed by atoms with E-state index < -0.39 is 0 Å². The highest BCUT2D eigenvalue weighted by atomic mass is 14.9. The first kappa shape index (κ1) is 44.4. The number of rotatable bonds is 10. The van der Waals surface area contributed by atoms with Gasteiger partial charge in [0, 0.05) is 28.9 Å². The van der Waals surface area contributed by atoms with E-state index in [4.69, 9.17) is 0 Å². The number of aromatic nitrogens is 1. The Bertz CT molecular complexity index is 3780. The molecule has 348 valence electrons. The van der Waals surface area contributed by atoms with Crippen LogP contribution in [0, 0.1) is 0 Å². The van der Waals surface area contributed by atoms with Gasteiger partial charge in [0.1, 0.15) is 0 Å². The Kier molecular flexibility index (Phi) is 11.5. The Balaban J connectivity index is 0.959. The SMILES string of the molecule is Cn1c2c(-c3ccccc3-c3ccccc3-c3cc(-c4ccccc4)cc(-c4ccccc4)c3)cccc2c2cccc(-c3ccccc3-c3ccccc3-c3cc(-c4ccccc4)cc(-c4ccccc4)c3)c21. The summed E-state index contributed by atoms with van der Waals surface area (Å²) in [4.78, 5) is 0. The topological polar surface area (TPSA) is 4.93 Å². The summed E-state index contributed by atoms with van der Waals surface area (Å²) in [5, 5.41) is 2.47. The van der Waals surface area contributed by atoms with Crippen molar-refractivity contribution in [1.29, 1.82) is 0 Å². The lowest BCUT2D eigenvalue weighted by molar-refractivity contribution is 1.02. The van der Waals surface area contributed by atoms with E-state index in [9.17, 15) is 0 Å². The van der Waals surface area contributed by atoms with Crippen molar-refractivity contribution >= 4 is 21.8 Å². The van der Waals surface area contributed by atoms with Gasteiger partial charge in [-0.1, -0.05) is 255 Å². The summed E-state index contributed by atoms with van der Waals surface area (Å²) in [6.45, 7) is 0. The molecule has 13 aromatic rings. The molecule has 1 heterocycles. The van der Waals surface area contributed by atoms with Gasteiger partial charge in [-0.2, -0.15) is 0 Å². The highest BCUT2D eigenvalue weighted by Crippen LogP contribution is 2.47. The molecule has 1 heteroatoms. The highest BCUT2D eigenvalue weighted by molar-refractivity contribution is 6.17. The number of benzene rings is 12. The van der Waals surface area contributed by atoms with Gasteiger partial charge in [-0.05, 0) is 137 Å². The third kappa shape index (κ3) is 8.11. The van der Waals surface area contributed by atoms with Gasteiger partial charge in [0.05, 0.1) is 11.0 Å². The third-order valence-electron chi connectivity index (χ3n) is 14.8. The summed E-state index contributed by atoms with van der Waals surface area (Å²) in [6.07, 6.45) is 0. The van der Waals surface area contributed by atoms with E-state index in [0.29, 0.717) is 0 Å². The molecule has 0 amide bonds. The van der Waals surface area contributed by atoms with Crippen molar-refractivity contribution in [1.82, 2.24) is 4.57 Å². The normalized spacial score (nSPS) is 11.3. The molecule has 0 aliphatic rings. The molecule has 0 N–H and O–H groups in total. The zero-order valence-electron chi connectivity index (χ0n) is 41.2. The first-order chi connectivity index (χ1) is 36.6. The van der Waals surface area contributed by atoms with Gasteiger partial charge < -0.3 is 4.57 Å². The largest absolute Gasteiger partial charge is 0.343 e. The van der Waals surface area contributed by atoms with Crippen LogP contribution in [0.25, 0.3) is 133 Å². The molecule has 0 bridgehead atoms. The monoisotopic (exact) mass is 941 g/mol. The van der Waals surface area contributed by atoms with Crippen molar-refractivity contribution in [2.24, 2.45) is 7.05 Å². The highest BCUT2D eigenvalue weighted by Gasteiger charge is 2.22. The molecule has 13 rings (SSSR count). The quantitative estimate of drug-likeness (QED) is 0.129. The van der Waals surface area contributed by atoms with Crippen LogP contribution in [-0.2, 0) is 7.05 Å². The second-order valence-corrected chi connectivity index (χ2v) is 19.2. The van der Waals surface area contributed by atoms with Gasteiger partial charge >= 0.3 is 0 Å². The average Bonchev–Trinajstić information content (AvgIpc) is 3.79. The van der Waals surface area contributed by atoms with Crippen LogP contribution in [0.15, 0.2) is 291 Å². The molecule has 1 nitrogen and oxygen atoms in total. The maximum atomic E-state index is 2.45. The number of hydrogen-bond acceptors (Lipinski definition) is 0. The van der Waals surface area contributed by atoms with Crippen LogP contribution in [0.1, 0.15) is 0 Å². The fourth-order valence-electron chi connectivity index (χ4n) is 11.4. The van der Waals surface area contributed by atoms with Crippen molar-refractivity contribution in [3.05, 3.63) is 291 Å².